The van der Waals surface area contributed by atoms with Gasteiger partial charge in [-0.2, -0.15) is 11.8 Å². The maximum atomic E-state index is 7.75. The van der Waals surface area contributed by atoms with Gasteiger partial charge in [0.2, 0.25) is 0 Å². The Bertz CT molecular complexity index is 1360. The summed E-state index contributed by atoms with van der Waals surface area (Å²) in [6, 6.07) is 2.38. The summed E-state index contributed by atoms with van der Waals surface area (Å²) in [7, 11) is 0. The molecule has 0 bridgehead atoms. The van der Waals surface area contributed by atoms with E-state index in [4.69, 9.17) is 9.47 Å². The lowest BCUT2D eigenvalue weighted by molar-refractivity contribution is -0.101. The monoisotopic (exact) mass is 814 g/mol. The second kappa shape index (κ2) is 17.3. The molecule has 0 aromatic heterocycles. The quantitative estimate of drug-likeness (QED) is 0.266. The van der Waals surface area contributed by atoms with Crippen molar-refractivity contribution in [1.29, 1.82) is 0 Å². The van der Waals surface area contributed by atoms with Crippen LogP contribution in [0.2, 0.25) is 0 Å². The van der Waals surface area contributed by atoms with Gasteiger partial charge in [0.15, 0.2) is 0 Å². The topological polar surface area (TPSA) is 21.7 Å². The highest BCUT2D eigenvalue weighted by Gasteiger charge is 2.60. The Morgan fingerprint density at radius 1 is 0.310 bits per heavy atom. The van der Waals surface area contributed by atoms with E-state index in [0.717, 1.165) is 93.6 Å². The fourth-order valence-electron chi connectivity index (χ4n) is 19.5. The molecular formula is C54H87NO2S. The van der Waals surface area contributed by atoms with Crippen molar-refractivity contribution in [3.05, 3.63) is 0 Å². The third kappa shape index (κ3) is 7.21. The fraction of sp³-hybridized carbons (Fsp3) is 1.00. The number of hydrogen-bond acceptors (Lipinski definition) is 4. The van der Waals surface area contributed by atoms with Crippen LogP contribution in [0, 0.1) is 71.0 Å². The van der Waals surface area contributed by atoms with Crippen molar-refractivity contribution < 1.29 is 9.47 Å². The van der Waals surface area contributed by atoms with Gasteiger partial charge >= 0.3 is 0 Å². The maximum Gasteiger partial charge on any atom is 0.0766 e. The van der Waals surface area contributed by atoms with Crippen molar-refractivity contribution in [1.82, 2.24) is 4.90 Å². The first-order valence-corrected chi connectivity index (χ1v) is 28.4. The van der Waals surface area contributed by atoms with Gasteiger partial charge in [-0.1, -0.05) is 96.3 Å². The lowest BCUT2D eigenvalue weighted by atomic mass is 9.62. The highest BCUT2D eigenvalue weighted by atomic mass is 32.2. The number of ether oxygens (including phenoxy) is 2. The fourth-order valence-corrected chi connectivity index (χ4v) is 22.1. The van der Waals surface area contributed by atoms with Gasteiger partial charge in [-0.05, 0) is 181 Å². The molecule has 3 nitrogen and oxygen atoms in total. The lowest BCUT2D eigenvalue weighted by Crippen LogP contribution is -2.58. The second-order valence-corrected chi connectivity index (χ2v) is 25.5. The summed E-state index contributed by atoms with van der Waals surface area (Å²) in [6.45, 7) is 0. The molecule has 0 amide bonds. The van der Waals surface area contributed by atoms with Crippen molar-refractivity contribution >= 4 is 11.8 Å². The molecule has 3 aliphatic heterocycles. The summed E-state index contributed by atoms with van der Waals surface area (Å²) in [5.74, 6) is 11.6. The van der Waals surface area contributed by atoms with Crippen molar-refractivity contribution in [3.63, 3.8) is 0 Å². The van der Waals surface area contributed by atoms with Gasteiger partial charge in [0, 0.05) is 34.5 Å². The molecule has 0 radical (unpaired) electrons. The summed E-state index contributed by atoms with van der Waals surface area (Å²) in [6.07, 6.45) is 51.9. The molecule has 4 heteroatoms. The molecular weight excluding hydrogens is 727 g/mol. The number of rotatable bonds is 6. The smallest absolute Gasteiger partial charge is 0.0766 e. The van der Waals surface area contributed by atoms with Crippen LogP contribution >= 0.6 is 11.8 Å². The van der Waals surface area contributed by atoms with E-state index in [1.807, 2.05) is 0 Å². The largest absolute Gasteiger partial charge is 0.374 e. The summed E-state index contributed by atoms with van der Waals surface area (Å²) < 4.78 is 14.7. The van der Waals surface area contributed by atoms with Crippen LogP contribution in [0.1, 0.15) is 212 Å². The molecule has 0 aromatic carbocycles. The lowest BCUT2D eigenvalue weighted by Gasteiger charge is -2.52. The molecule has 0 aromatic rings. The molecule has 15 atom stereocenters. The van der Waals surface area contributed by atoms with Crippen LogP contribution < -0.4 is 0 Å². The standard InChI is InChI=1S/C54H87NO2S/c1-3-12-34(13-4-1)35-24-28-38(29-25-35)55(47-22-11-20-43-42-19-9-17-40(51(42)57-52(43)47)36-14-5-2-6-15-36)39-30-26-37(27-31-39)41-18-10-21-44-45-32-33-49-50(54(45)58-53(41)44)46-16-7-8-23-48(46)56-49/h34-54H,1-33H2. The summed E-state index contributed by atoms with van der Waals surface area (Å²) in [4.78, 5) is 3.36. The van der Waals surface area contributed by atoms with Crippen LogP contribution in [0.4, 0.5) is 0 Å². The summed E-state index contributed by atoms with van der Waals surface area (Å²) >= 11 is 2.60. The highest BCUT2D eigenvalue weighted by molar-refractivity contribution is 8.00. The Labute approximate surface area is 360 Å². The molecule has 12 fully saturated rings. The molecule has 15 unspecified atom stereocenters. The van der Waals surface area contributed by atoms with Crippen molar-refractivity contribution in [3.8, 4) is 0 Å². The zero-order valence-corrected chi connectivity index (χ0v) is 37.9. The SMILES string of the molecule is C1CCC(C2CCC(N(C3CCC(C4CCCC5C6CCC7OC8CCCCC8C7C6SC45)CC3)C3CCCC4C5CCCC(C6CCCCC6)C5OC43)CC2)CC1. The van der Waals surface area contributed by atoms with Crippen molar-refractivity contribution in [2.75, 3.05) is 0 Å². The van der Waals surface area contributed by atoms with Gasteiger partial charge in [-0.3, -0.25) is 4.90 Å². The van der Waals surface area contributed by atoms with E-state index >= 15 is 0 Å². The third-order valence-electron chi connectivity index (χ3n) is 21.9. The third-order valence-corrected chi connectivity index (χ3v) is 23.9. The van der Waals surface area contributed by atoms with E-state index in [2.05, 4.69) is 16.7 Å². The highest BCUT2D eigenvalue weighted by Crippen LogP contribution is 2.64. The van der Waals surface area contributed by atoms with Gasteiger partial charge in [0.05, 0.1) is 24.4 Å². The van der Waals surface area contributed by atoms with E-state index < -0.39 is 0 Å². The van der Waals surface area contributed by atoms with Gasteiger partial charge in [-0.25, -0.2) is 0 Å². The first kappa shape index (κ1) is 39.8. The molecule has 0 N–H and O–H groups in total. The molecule has 9 saturated carbocycles. The van der Waals surface area contributed by atoms with Crippen LogP contribution in [0.3, 0.4) is 0 Å². The minimum absolute atomic E-state index is 0.547. The molecule has 326 valence electrons. The molecule has 3 saturated heterocycles. The molecule has 3 heterocycles. The van der Waals surface area contributed by atoms with Gasteiger partial charge < -0.3 is 9.47 Å². The van der Waals surface area contributed by atoms with E-state index in [1.165, 1.54) is 173 Å². The number of fused-ring (bicyclic) bond motifs is 10. The molecule has 12 aliphatic rings. The van der Waals surface area contributed by atoms with Gasteiger partial charge in [-0.15, -0.1) is 0 Å². The maximum absolute atomic E-state index is 7.75. The number of hydrogen-bond donors (Lipinski definition) is 0. The Hall–Kier alpha value is 0.230. The van der Waals surface area contributed by atoms with Crippen LogP contribution in [0.5, 0.6) is 0 Å². The first-order valence-electron chi connectivity index (χ1n) is 27.5. The van der Waals surface area contributed by atoms with Crippen LogP contribution in [-0.4, -0.2) is 57.9 Å². The van der Waals surface area contributed by atoms with Gasteiger partial charge in [0.25, 0.3) is 0 Å². The molecule has 12 rings (SSSR count). The Morgan fingerprint density at radius 2 is 0.845 bits per heavy atom. The zero-order chi connectivity index (χ0) is 38.2. The van der Waals surface area contributed by atoms with Crippen molar-refractivity contribution in [2.45, 2.75) is 265 Å². The van der Waals surface area contributed by atoms with Crippen LogP contribution in [0.25, 0.3) is 0 Å². The van der Waals surface area contributed by atoms with E-state index in [0.29, 0.717) is 30.5 Å². The average Bonchev–Trinajstić information content (AvgIpc) is 3.99. The second-order valence-electron chi connectivity index (χ2n) is 24.2. The molecule has 58 heavy (non-hydrogen) atoms. The van der Waals surface area contributed by atoms with E-state index in [1.54, 1.807) is 38.5 Å². The van der Waals surface area contributed by atoms with E-state index in [9.17, 15) is 0 Å². The average molecular weight is 814 g/mol. The first-order chi connectivity index (χ1) is 28.8. The molecule has 9 aliphatic carbocycles. The Balaban J connectivity index is 0.762. The summed E-state index contributed by atoms with van der Waals surface area (Å²) in [5, 5.41) is 1.91. The predicted molar refractivity (Wildman–Crippen MR) is 240 cm³/mol. The zero-order valence-electron chi connectivity index (χ0n) is 37.1. The summed E-state index contributed by atoms with van der Waals surface area (Å²) in [5.41, 5.74) is 0. The van der Waals surface area contributed by atoms with E-state index in [-0.39, 0.29) is 0 Å². The number of nitrogens with zero attached hydrogens (tertiary/aromatic N) is 1. The Kier molecular flexibility index (Phi) is 11.9. The normalized spacial score (nSPS) is 52.6. The predicted octanol–water partition coefficient (Wildman–Crippen LogP) is 13.8. The molecule has 0 spiro atoms. The number of thioether (sulfide) groups is 1. The Morgan fingerprint density at radius 3 is 1.60 bits per heavy atom. The van der Waals surface area contributed by atoms with Crippen molar-refractivity contribution in [2.24, 2.45) is 71.0 Å². The van der Waals surface area contributed by atoms with Crippen LogP contribution in [0.15, 0.2) is 0 Å². The van der Waals surface area contributed by atoms with Crippen LogP contribution in [-0.2, 0) is 9.47 Å². The minimum Gasteiger partial charge on any atom is -0.374 e. The minimum atomic E-state index is 0.547. The van der Waals surface area contributed by atoms with Gasteiger partial charge in [0.1, 0.15) is 0 Å².